The standard InChI is InChI=1S/C14H18N4O3/c1-8(15)13(19)16-9(2)14-17-12(18-21-14)10-6-4-5-7-11(10)20-3/h4-9H,15H2,1-3H3,(H,16,19)/t8-,9?/m1/s1. The number of nitrogens with two attached hydrogens (primary N) is 1. The van der Waals surface area contributed by atoms with E-state index in [0.29, 0.717) is 17.5 Å². The molecule has 1 unspecified atom stereocenters. The van der Waals surface area contributed by atoms with Crippen LogP contribution in [0.3, 0.4) is 0 Å². The van der Waals surface area contributed by atoms with Crippen LogP contribution < -0.4 is 15.8 Å². The second-order valence-electron chi connectivity index (χ2n) is 4.68. The molecule has 1 heterocycles. The summed E-state index contributed by atoms with van der Waals surface area (Å²) in [5, 5.41) is 6.62. The van der Waals surface area contributed by atoms with Crippen LogP contribution in [0.4, 0.5) is 0 Å². The molecule has 0 aliphatic rings. The Kier molecular flexibility index (Phi) is 4.54. The van der Waals surface area contributed by atoms with Crippen LogP contribution in [-0.2, 0) is 4.79 Å². The lowest BCUT2D eigenvalue weighted by Crippen LogP contribution is -2.39. The van der Waals surface area contributed by atoms with E-state index in [2.05, 4.69) is 15.5 Å². The Morgan fingerprint density at radius 2 is 2.10 bits per heavy atom. The van der Waals surface area contributed by atoms with Gasteiger partial charge in [-0.1, -0.05) is 17.3 Å². The van der Waals surface area contributed by atoms with Crippen LogP contribution in [0.25, 0.3) is 11.4 Å². The summed E-state index contributed by atoms with van der Waals surface area (Å²) in [5.74, 6) is 1.09. The molecule has 2 aromatic rings. The van der Waals surface area contributed by atoms with Gasteiger partial charge in [-0.3, -0.25) is 4.79 Å². The predicted molar refractivity (Wildman–Crippen MR) is 76.5 cm³/mol. The molecule has 0 bridgehead atoms. The number of para-hydroxylation sites is 1. The molecule has 0 radical (unpaired) electrons. The van der Waals surface area contributed by atoms with Gasteiger partial charge in [-0.15, -0.1) is 0 Å². The van der Waals surface area contributed by atoms with Gasteiger partial charge >= 0.3 is 0 Å². The summed E-state index contributed by atoms with van der Waals surface area (Å²) in [5.41, 5.74) is 6.22. The van der Waals surface area contributed by atoms with Gasteiger partial charge in [0.05, 0.1) is 18.7 Å². The first-order valence-electron chi connectivity index (χ1n) is 6.56. The van der Waals surface area contributed by atoms with Crippen molar-refractivity contribution in [1.29, 1.82) is 0 Å². The number of nitrogens with one attached hydrogen (secondary N) is 1. The highest BCUT2D eigenvalue weighted by atomic mass is 16.5. The molecule has 0 spiro atoms. The number of benzene rings is 1. The zero-order chi connectivity index (χ0) is 15.4. The van der Waals surface area contributed by atoms with Crippen molar-refractivity contribution < 1.29 is 14.1 Å². The monoisotopic (exact) mass is 290 g/mol. The number of methoxy groups -OCH3 is 1. The second kappa shape index (κ2) is 6.36. The summed E-state index contributed by atoms with van der Waals surface area (Å²) in [4.78, 5) is 15.8. The van der Waals surface area contributed by atoms with Crippen LogP contribution in [0.1, 0.15) is 25.8 Å². The summed E-state index contributed by atoms with van der Waals surface area (Å²) in [7, 11) is 1.57. The Hall–Kier alpha value is -2.41. The Labute approximate surface area is 122 Å². The molecule has 0 fully saturated rings. The van der Waals surface area contributed by atoms with Crippen molar-refractivity contribution in [3.05, 3.63) is 30.2 Å². The van der Waals surface area contributed by atoms with Crippen molar-refractivity contribution in [2.24, 2.45) is 5.73 Å². The van der Waals surface area contributed by atoms with E-state index in [-0.39, 0.29) is 5.91 Å². The summed E-state index contributed by atoms with van der Waals surface area (Å²) in [6.45, 7) is 3.36. The molecule has 7 heteroatoms. The number of hydrogen-bond acceptors (Lipinski definition) is 6. The Morgan fingerprint density at radius 1 is 1.38 bits per heavy atom. The minimum absolute atomic E-state index is 0.278. The van der Waals surface area contributed by atoms with Crippen molar-refractivity contribution in [3.8, 4) is 17.1 Å². The highest BCUT2D eigenvalue weighted by molar-refractivity contribution is 5.81. The number of rotatable bonds is 5. The number of nitrogens with zero attached hydrogens (tertiary/aromatic N) is 2. The molecular weight excluding hydrogens is 272 g/mol. The highest BCUT2D eigenvalue weighted by Gasteiger charge is 2.19. The smallest absolute Gasteiger partial charge is 0.249 e. The fraction of sp³-hybridized carbons (Fsp3) is 0.357. The Bertz CT molecular complexity index is 624. The Balaban J connectivity index is 2.20. The molecule has 7 nitrogen and oxygen atoms in total. The van der Waals surface area contributed by atoms with Crippen molar-refractivity contribution >= 4 is 5.91 Å². The van der Waals surface area contributed by atoms with Crippen molar-refractivity contribution in [3.63, 3.8) is 0 Å². The van der Waals surface area contributed by atoms with E-state index in [9.17, 15) is 4.79 Å². The van der Waals surface area contributed by atoms with Gasteiger partial charge in [-0.05, 0) is 26.0 Å². The lowest BCUT2D eigenvalue weighted by atomic mass is 10.2. The zero-order valence-corrected chi connectivity index (χ0v) is 12.2. The van der Waals surface area contributed by atoms with Gasteiger partial charge in [-0.25, -0.2) is 0 Å². The van der Waals surface area contributed by atoms with E-state index in [1.807, 2.05) is 24.3 Å². The molecule has 0 aliphatic carbocycles. The van der Waals surface area contributed by atoms with E-state index in [0.717, 1.165) is 5.56 Å². The minimum Gasteiger partial charge on any atom is -0.496 e. The number of carbonyl (C=O) groups is 1. The van der Waals surface area contributed by atoms with E-state index >= 15 is 0 Å². The fourth-order valence-electron chi connectivity index (χ4n) is 1.76. The van der Waals surface area contributed by atoms with Gasteiger partial charge in [0.2, 0.25) is 17.6 Å². The normalized spacial score (nSPS) is 13.5. The molecule has 1 aromatic heterocycles. The van der Waals surface area contributed by atoms with Crippen LogP contribution in [-0.4, -0.2) is 29.2 Å². The highest BCUT2D eigenvalue weighted by Crippen LogP contribution is 2.27. The van der Waals surface area contributed by atoms with E-state index in [4.69, 9.17) is 15.0 Å². The topological polar surface area (TPSA) is 103 Å². The van der Waals surface area contributed by atoms with Gasteiger partial charge in [0.15, 0.2) is 0 Å². The first-order chi connectivity index (χ1) is 10.0. The van der Waals surface area contributed by atoms with Crippen LogP contribution >= 0.6 is 0 Å². The van der Waals surface area contributed by atoms with Gasteiger partial charge in [-0.2, -0.15) is 4.98 Å². The van der Waals surface area contributed by atoms with Gasteiger partial charge in [0.25, 0.3) is 0 Å². The fourth-order valence-corrected chi connectivity index (χ4v) is 1.76. The molecule has 112 valence electrons. The molecule has 0 saturated heterocycles. The third-order valence-corrected chi connectivity index (χ3v) is 2.93. The molecular formula is C14H18N4O3. The van der Waals surface area contributed by atoms with E-state index in [1.54, 1.807) is 21.0 Å². The minimum atomic E-state index is -0.593. The molecule has 0 aliphatic heterocycles. The average molecular weight is 290 g/mol. The largest absolute Gasteiger partial charge is 0.496 e. The average Bonchev–Trinajstić information content (AvgIpc) is 2.96. The molecule has 1 aromatic carbocycles. The van der Waals surface area contributed by atoms with E-state index < -0.39 is 12.1 Å². The summed E-state index contributed by atoms with van der Waals surface area (Å²) < 4.78 is 10.4. The molecule has 2 atom stereocenters. The number of carbonyl (C=O) groups excluding carboxylic acids is 1. The van der Waals surface area contributed by atoms with E-state index in [1.165, 1.54) is 0 Å². The summed E-state index contributed by atoms with van der Waals surface area (Å²) in [6, 6.07) is 6.35. The second-order valence-corrected chi connectivity index (χ2v) is 4.68. The third kappa shape index (κ3) is 3.38. The third-order valence-electron chi connectivity index (χ3n) is 2.93. The van der Waals surface area contributed by atoms with Gasteiger partial charge in [0.1, 0.15) is 11.8 Å². The molecule has 0 saturated carbocycles. The Morgan fingerprint density at radius 3 is 2.76 bits per heavy atom. The maximum atomic E-state index is 11.6. The maximum absolute atomic E-state index is 11.6. The SMILES string of the molecule is COc1ccccc1-c1noc(C(C)NC(=O)[C@@H](C)N)n1. The number of hydrogen-bond donors (Lipinski definition) is 2. The molecule has 21 heavy (non-hydrogen) atoms. The van der Waals surface area contributed by atoms with Gasteiger partial charge < -0.3 is 20.3 Å². The van der Waals surface area contributed by atoms with Crippen LogP contribution in [0.5, 0.6) is 5.75 Å². The van der Waals surface area contributed by atoms with Crippen molar-refractivity contribution in [1.82, 2.24) is 15.5 Å². The van der Waals surface area contributed by atoms with Crippen molar-refractivity contribution in [2.75, 3.05) is 7.11 Å². The first-order valence-corrected chi connectivity index (χ1v) is 6.56. The summed E-state index contributed by atoms with van der Waals surface area (Å²) in [6.07, 6.45) is 0. The quantitative estimate of drug-likeness (QED) is 0.859. The summed E-state index contributed by atoms with van der Waals surface area (Å²) >= 11 is 0. The van der Waals surface area contributed by atoms with Crippen LogP contribution in [0.2, 0.25) is 0 Å². The lowest BCUT2D eigenvalue weighted by Gasteiger charge is -2.11. The van der Waals surface area contributed by atoms with Crippen LogP contribution in [0.15, 0.2) is 28.8 Å². The lowest BCUT2D eigenvalue weighted by molar-refractivity contribution is -0.122. The first kappa shape index (κ1) is 15.0. The predicted octanol–water partition coefficient (Wildman–Crippen LogP) is 1.27. The van der Waals surface area contributed by atoms with Crippen molar-refractivity contribution in [2.45, 2.75) is 25.9 Å². The number of amides is 1. The number of aromatic nitrogens is 2. The van der Waals surface area contributed by atoms with Gasteiger partial charge in [0, 0.05) is 0 Å². The molecule has 3 N–H and O–H groups in total. The number of ether oxygens (including phenoxy) is 1. The van der Waals surface area contributed by atoms with Crippen LogP contribution in [0, 0.1) is 0 Å². The zero-order valence-electron chi connectivity index (χ0n) is 12.2. The maximum Gasteiger partial charge on any atom is 0.249 e. The molecule has 2 rings (SSSR count). The molecule has 1 amide bonds.